The summed E-state index contributed by atoms with van der Waals surface area (Å²) in [6.07, 6.45) is 25.6. The van der Waals surface area contributed by atoms with Gasteiger partial charge in [0, 0.05) is 12.8 Å². The summed E-state index contributed by atoms with van der Waals surface area (Å²) in [7, 11) is 0. The zero-order valence-electron chi connectivity index (χ0n) is 44.0. The molecule has 2 saturated heterocycles. The Morgan fingerprint density at radius 3 is 1.11 bits per heavy atom. The van der Waals surface area contributed by atoms with Gasteiger partial charge in [0.15, 0.2) is 18.7 Å². The van der Waals surface area contributed by atoms with Crippen molar-refractivity contribution in [3.05, 3.63) is 0 Å². The molecule has 0 aliphatic carbocycles. The number of carbonyl (C=O) groups is 2. The molecule has 15 heteroatoms. The molecule has 0 aromatic rings. The van der Waals surface area contributed by atoms with Gasteiger partial charge in [0.2, 0.25) is 0 Å². The smallest absolute Gasteiger partial charge is 0.306 e. The lowest BCUT2D eigenvalue weighted by molar-refractivity contribution is -0.332. The Hall–Kier alpha value is -1.50. The van der Waals surface area contributed by atoms with Gasteiger partial charge >= 0.3 is 11.9 Å². The highest BCUT2D eigenvalue weighted by atomic mass is 16.7. The Bertz CT molecular complexity index is 1230. The first-order valence-corrected chi connectivity index (χ1v) is 28.6. The topological polar surface area (TPSA) is 231 Å². The van der Waals surface area contributed by atoms with E-state index in [9.17, 15) is 45.3 Å². The first-order valence-electron chi connectivity index (χ1n) is 28.6. The molecule has 0 spiro atoms. The van der Waals surface area contributed by atoms with Gasteiger partial charge < -0.3 is 64.2 Å². The lowest BCUT2D eigenvalue weighted by Crippen LogP contribution is -2.61. The number of rotatable bonds is 46. The third-order valence-corrected chi connectivity index (χ3v) is 14.1. The highest BCUT2D eigenvalue weighted by Gasteiger charge is 2.47. The average molecular weight is 1010 g/mol. The molecule has 0 amide bonds. The first-order chi connectivity index (χ1) is 34.0. The SMILES string of the molecule is CCCCCCCCCCCCCCCCCCCCCCCC(=O)OC[C@@H](CO[C@@H]1O[C@H](CO[C@@H]2O[C@H](CO)[C@H](O)C(O)C2O)[C@H](O)C(O)C1O)OC(=O)CCCCCCCCCCCCCCC. The largest absolute Gasteiger partial charge is 0.462 e. The monoisotopic (exact) mass is 1000 g/mol. The second kappa shape index (κ2) is 42.8. The fraction of sp³-hybridized carbons (Fsp3) is 0.964. The van der Waals surface area contributed by atoms with E-state index in [1.807, 2.05) is 0 Å². The van der Waals surface area contributed by atoms with Crippen LogP contribution in [-0.2, 0) is 38.0 Å². The van der Waals surface area contributed by atoms with E-state index in [1.165, 1.54) is 167 Å². The van der Waals surface area contributed by atoms with Gasteiger partial charge in [0.05, 0.1) is 19.8 Å². The summed E-state index contributed by atoms with van der Waals surface area (Å²) in [6, 6.07) is 0. The van der Waals surface area contributed by atoms with E-state index < -0.39 is 92.7 Å². The fourth-order valence-electron chi connectivity index (χ4n) is 9.40. The van der Waals surface area contributed by atoms with Crippen LogP contribution >= 0.6 is 0 Å². The van der Waals surface area contributed by atoms with Crippen LogP contribution in [0.5, 0.6) is 0 Å². The molecule has 0 aromatic carbocycles. The second-order valence-electron chi connectivity index (χ2n) is 20.5. The van der Waals surface area contributed by atoms with E-state index in [1.54, 1.807) is 0 Å². The molecule has 2 aliphatic heterocycles. The van der Waals surface area contributed by atoms with Gasteiger partial charge in [-0.2, -0.15) is 0 Å². The average Bonchev–Trinajstić information content (AvgIpc) is 3.35. The maximum atomic E-state index is 13.0. The highest BCUT2D eigenvalue weighted by Crippen LogP contribution is 2.27. The number of esters is 2. The molecule has 2 rings (SSSR count). The third kappa shape index (κ3) is 30.0. The van der Waals surface area contributed by atoms with Gasteiger partial charge in [-0.05, 0) is 12.8 Å². The summed E-state index contributed by atoms with van der Waals surface area (Å²) in [5.41, 5.74) is 0. The van der Waals surface area contributed by atoms with Crippen LogP contribution in [0.1, 0.15) is 245 Å². The molecule has 70 heavy (non-hydrogen) atoms. The number of carbonyl (C=O) groups excluding carboxylic acids is 2. The minimum Gasteiger partial charge on any atom is -0.462 e. The van der Waals surface area contributed by atoms with Crippen molar-refractivity contribution in [3.8, 4) is 0 Å². The van der Waals surface area contributed by atoms with Crippen molar-refractivity contribution >= 4 is 11.9 Å². The molecular weight excluding hydrogens is 901 g/mol. The zero-order chi connectivity index (χ0) is 51.0. The van der Waals surface area contributed by atoms with Crippen molar-refractivity contribution in [3.63, 3.8) is 0 Å². The van der Waals surface area contributed by atoms with Crippen molar-refractivity contribution < 1.29 is 73.8 Å². The Morgan fingerprint density at radius 2 is 0.729 bits per heavy atom. The summed E-state index contributed by atoms with van der Waals surface area (Å²) < 4.78 is 33.7. The van der Waals surface area contributed by atoms with Crippen molar-refractivity contribution in [1.29, 1.82) is 0 Å². The van der Waals surface area contributed by atoms with Crippen LogP contribution in [-0.4, -0.2) is 142 Å². The molecule has 2 aliphatic rings. The number of unbranched alkanes of at least 4 members (excludes halogenated alkanes) is 32. The van der Waals surface area contributed by atoms with Gasteiger partial charge in [-0.15, -0.1) is 0 Å². The maximum Gasteiger partial charge on any atom is 0.306 e. The van der Waals surface area contributed by atoms with E-state index in [4.69, 9.17) is 28.4 Å². The number of hydrogen-bond donors (Lipinski definition) is 7. The third-order valence-electron chi connectivity index (χ3n) is 14.1. The van der Waals surface area contributed by atoms with Crippen LogP contribution in [0, 0.1) is 0 Å². The van der Waals surface area contributed by atoms with E-state index in [-0.39, 0.29) is 26.1 Å². The molecule has 0 saturated carbocycles. The molecular formula is C55H104O15. The molecule has 0 aromatic heterocycles. The Kier molecular flexibility index (Phi) is 39.5. The van der Waals surface area contributed by atoms with Crippen molar-refractivity contribution in [2.75, 3.05) is 26.4 Å². The van der Waals surface area contributed by atoms with Crippen LogP contribution in [0.2, 0.25) is 0 Å². The van der Waals surface area contributed by atoms with Crippen LogP contribution in [0.15, 0.2) is 0 Å². The highest BCUT2D eigenvalue weighted by molar-refractivity contribution is 5.70. The number of ether oxygens (including phenoxy) is 6. The fourth-order valence-corrected chi connectivity index (χ4v) is 9.40. The minimum absolute atomic E-state index is 0.173. The molecule has 15 nitrogen and oxygen atoms in total. The van der Waals surface area contributed by atoms with Gasteiger partial charge in [0.25, 0.3) is 0 Å². The van der Waals surface area contributed by atoms with E-state index in [2.05, 4.69) is 13.8 Å². The van der Waals surface area contributed by atoms with Crippen LogP contribution in [0.4, 0.5) is 0 Å². The predicted octanol–water partition coefficient (Wildman–Crippen LogP) is 9.17. The van der Waals surface area contributed by atoms with Crippen molar-refractivity contribution in [1.82, 2.24) is 0 Å². The van der Waals surface area contributed by atoms with Crippen LogP contribution in [0.3, 0.4) is 0 Å². The Labute approximate surface area is 423 Å². The van der Waals surface area contributed by atoms with Gasteiger partial charge in [-0.25, -0.2) is 0 Å². The zero-order valence-corrected chi connectivity index (χ0v) is 44.0. The lowest BCUT2D eigenvalue weighted by atomic mass is 9.98. The van der Waals surface area contributed by atoms with Crippen LogP contribution in [0.25, 0.3) is 0 Å². The van der Waals surface area contributed by atoms with Gasteiger partial charge in [-0.1, -0.05) is 219 Å². The minimum atomic E-state index is -1.76. The number of hydrogen-bond acceptors (Lipinski definition) is 15. The Morgan fingerprint density at radius 1 is 0.400 bits per heavy atom. The summed E-state index contributed by atoms with van der Waals surface area (Å²) in [4.78, 5) is 25.8. The normalized spacial score (nSPS) is 25.3. The number of aliphatic hydroxyl groups is 7. The van der Waals surface area contributed by atoms with E-state index >= 15 is 0 Å². The van der Waals surface area contributed by atoms with Crippen LogP contribution < -0.4 is 0 Å². The van der Waals surface area contributed by atoms with Gasteiger partial charge in [-0.3, -0.25) is 9.59 Å². The molecule has 4 unspecified atom stereocenters. The van der Waals surface area contributed by atoms with Crippen molar-refractivity contribution in [2.24, 2.45) is 0 Å². The quantitative estimate of drug-likeness (QED) is 0.0223. The van der Waals surface area contributed by atoms with E-state index in [0.29, 0.717) is 12.8 Å². The molecule has 2 heterocycles. The summed E-state index contributed by atoms with van der Waals surface area (Å²) >= 11 is 0. The molecule has 11 atom stereocenters. The van der Waals surface area contributed by atoms with E-state index in [0.717, 1.165) is 38.5 Å². The standard InChI is InChI=1S/C55H104O15/c1-3-5-7-9-11-13-15-17-18-19-20-21-22-23-24-26-27-29-31-33-35-37-46(57)65-40-43(68-47(58)38-36-34-32-30-28-25-16-14-12-10-8-6-4-2)41-66-54-53(64)51(62)49(60)45(70-54)42-67-55-52(63)50(61)48(59)44(39-56)69-55/h43-45,48-56,59-64H,3-42H2,1-2H3/t43-,44+,45+,48-,49-,50?,51?,52?,53?,54+,55+/m0/s1. The first kappa shape index (κ1) is 64.6. The Balaban J connectivity index is 1.73. The summed E-state index contributed by atoms with van der Waals surface area (Å²) in [5.74, 6) is -0.906. The maximum absolute atomic E-state index is 13.0. The predicted molar refractivity (Wildman–Crippen MR) is 271 cm³/mol. The molecule has 414 valence electrons. The molecule has 7 N–H and O–H groups in total. The van der Waals surface area contributed by atoms with Gasteiger partial charge in [0.1, 0.15) is 55.4 Å². The molecule has 2 fully saturated rings. The summed E-state index contributed by atoms with van der Waals surface area (Å²) in [6.45, 7) is 2.64. The second-order valence-corrected chi connectivity index (χ2v) is 20.5. The molecule has 0 bridgehead atoms. The van der Waals surface area contributed by atoms with Crippen molar-refractivity contribution in [2.45, 2.75) is 313 Å². The number of aliphatic hydroxyl groups excluding tert-OH is 7. The summed E-state index contributed by atoms with van der Waals surface area (Å²) in [5, 5.41) is 72.2. The lowest BCUT2D eigenvalue weighted by Gasteiger charge is -2.42. The molecule has 0 radical (unpaired) electrons.